The summed E-state index contributed by atoms with van der Waals surface area (Å²) >= 11 is 0. The summed E-state index contributed by atoms with van der Waals surface area (Å²) in [5.74, 6) is 0.761. The first-order valence-electron chi connectivity index (χ1n) is 6.20. The van der Waals surface area contributed by atoms with Gasteiger partial charge in [-0.2, -0.15) is 0 Å². The average molecular weight is 281 g/mol. The molecule has 1 aromatic heterocycles. The van der Waals surface area contributed by atoms with E-state index in [-0.39, 0.29) is 12.0 Å². The molecule has 1 aromatic carbocycles. The summed E-state index contributed by atoms with van der Waals surface area (Å²) in [4.78, 5) is 7.68. The number of nitrogens with one attached hydrogen (secondary N) is 2. The highest BCUT2D eigenvalue weighted by Gasteiger charge is 2.22. The largest absolute Gasteiger partial charge is 0.341 e. The normalized spacial score (nSPS) is 14.2. The van der Waals surface area contributed by atoms with Gasteiger partial charge in [-0.3, -0.25) is 0 Å². The lowest BCUT2D eigenvalue weighted by atomic mass is 10.1. The number of hydrogen-bond donors (Lipinski definition) is 2. The van der Waals surface area contributed by atoms with Crippen molar-refractivity contribution < 1.29 is 8.42 Å². The second-order valence-corrected chi connectivity index (χ2v) is 7.03. The Morgan fingerprint density at radius 1 is 1.32 bits per heavy atom. The van der Waals surface area contributed by atoms with Gasteiger partial charge in [0.05, 0.1) is 23.3 Å². The van der Waals surface area contributed by atoms with Crippen LogP contribution in [0.15, 0.2) is 18.2 Å². The lowest BCUT2D eigenvalue weighted by Gasteiger charge is -2.18. The summed E-state index contributed by atoms with van der Waals surface area (Å²) in [5, 5.41) is 0. The quantitative estimate of drug-likeness (QED) is 0.901. The Morgan fingerprint density at radius 3 is 2.58 bits per heavy atom. The molecular weight excluding hydrogens is 262 g/mol. The molecule has 0 amide bonds. The van der Waals surface area contributed by atoms with Gasteiger partial charge in [0.1, 0.15) is 5.82 Å². The van der Waals surface area contributed by atoms with E-state index >= 15 is 0 Å². The number of hydrogen-bond acceptors (Lipinski definition) is 3. The van der Waals surface area contributed by atoms with Crippen molar-refractivity contribution in [3.63, 3.8) is 0 Å². The van der Waals surface area contributed by atoms with Crippen LogP contribution in [0.5, 0.6) is 0 Å². The number of fused-ring (bicyclic) bond motifs is 1. The van der Waals surface area contributed by atoms with Crippen molar-refractivity contribution in [1.82, 2.24) is 14.7 Å². The molecule has 0 fully saturated rings. The molecule has 2 rings (SSSR count). The minimum absolute atomic E-state index is 0.108. The van der Waals surface area contributed by atoms with Gasteiger partial charge in [-0.25, -0.2) is 18.1 Å². The predicted octanol–water partition coefficient (Wildman–Crippen LogP) is 2.12. The summed E-state index contributed by atoms with van der Waals surface area (Å²) in [7, 11) is -3.27. The third-order valence-corrected chi connectivity index (χ3v) is 3.64. The van der Waals surface area contributed by atoms with Crippen LogP contribution in [-0.2, 0) is 10.0 Å². The van der Waals surface area contributed by atoms with Gasteiger partial charge in [0, 0.05) is 0 Å². The van der Waals surface area contributed by atoms with E-state index in [0.717, 1.165) is 22.9 Å². The van der Waals surface area contributed by atoms with Crippen LogP contribution in [-0.4, -0.2) is 24.6 Å². The van der Waals surface area contributed by atoms with Crippen molar-refractivity contribution in [3.8, 4) is 0 Å². The fourth-order valence-corrected chi connectivity index (χ4v) is 2.87. The van der Waals surface area contributed by atoms with Crippen LogP contribution >= 0.6 is 0 Å². The summed E-state index contributed by atoms with van der Waals surface area (Å²) in [6.07, 6.45) is 1.16. The number of aromatic nitrogens is 2. The number of benzene rings is 1. The maximum absolute atomic E-state index is 11.4. The smallest absolute Gasteiger partial charge is 0.209 e. The number of aryl methyl sites for hydroxylation is 1. The fourth-order valence-electron chi connectivity index (χ4n) is 2.03. The van der Waals surface area contributed by atoms with Crippen LogP contribution in [0.4, 0.5) is 0 Å². The van der Waals surface area contributed by atoms with Gasteiger partial charge in [-0.05, 0) is 30.5 Å². The van der Waals surface area contributed by atoms with Gasteiger partial charge in [-0.1, -0.05) is 19.9 Å². The molecular formula is C13H19N3O2S. The van der Waals surface area contributed by atoms with Crippen molar-refractivity contribution in [2.24, 2.45) is 5.92 Å². The molecule has 0 saturated heterocycles. The Balaban J connectivity index is 2.44. The third kappa shape index (κ3) is 3.33. The highest BCUT2D eigenvalue weighted by atomic mass is 32.2. The number of sulfonamides is 1. The number of aromatic amines is 1. The van der Waals surface area contributed by atoms with Crippen molar-refractivity contribution in [1.29, 1.82) is 0 Å². The first kappa shape index (κ1) is 14.0. The highest BCUT2D eigenvalue weighted by Crippen LogP contribution is 2.23. The molecule has 0 bridgehead atoms. The van der Waals surface area contributed by atoms with Crippen molar-refractivity contribution in [2.45, 2.75) is 26.8 Å². The van der Waals surface area contributed by atoms with Gasteiger partial charge >= 0.3 is 0 Å². The molecule has 5 nitrogen and oxygen atoms in total. The molecule has 0 aliphatic carbocycles. The van der Waals surface area contributed by atoms with Crippen molar-refractivity contribution in [3.05, 3.63) is 29.6 Å². The zero-order valence-corrected chi connectivity index (χ0v) is 12.4. The van der Waals surface area contributed by atoms with Gasteiger partial charge in [0.2, 0.25) is 10.0 Å². The molecule has 6 heteroatoms. The van der Waals surface area contributed by atoms with Crippen LogP contribution in [0.2, 0.25) is 0 Å². The van der Waals surface area contributed by atoms with Crippen LogP contribution in [0, 0.1) is 12.8 Å². The zero-order valence-electron chi connectivity index (χ0n) is 11.6. The molecule has 19 heavy (non-hydrogen) atoms. The molecule has 2 N–H and O–H groups in total. The Kier molecular flexibility index (Phi) is 3.64. The Morgan fingerprint density at radius 2 is 2.00 bits per heavy atom. The molecule has 1 heterocycles. The predicted molar refractivity (Wildman–Crippen MR) is 76.4 cm³/mol. The molecule has 0 radical (unpaired) electrons. The van der Waals surface area contributed by atoms with Crippen LogP contribution in [0.3, 0.4) is 0 Å². The monoisotopic (exact) mass is 281 g/mol. The standard InChI is InChI=1S/C13H19N3O2S/c1-8(2)12(16-19(4,17)18)13-14-10-6-5-9(3)7-11(10)15-13/h5-8,12,16H,1-4H3,(H,14,15). The lowest BCUT2D eigenvalue weighted by Crippen LogP contribution is -2.31. The first-order valence-corrected chi connectivity index (χ1v) is 8.09. The maximum atomic E-state index is 11.4. The van der Waals surface area contributed by atoms with E-state index in [2.05, 4.69) is 14.7 Å². The molecule has 104 valence electrons. The van der Waals surface area contributed by atoms with Crippen molar-refractivity contribution in [2.75, 3.05) is 6.26 Å². The molecule has 1 unspecified atom stereocenters. The second-order valence-electron chi connectivity index (χ2n) is 5.25. The van der Waals surface area contributed by atoms with E-state index in [0.29, 0.717) is 5.82 Å². The Hall–Kier alpha value is -1.40. The zero-order chi connectivity index (χ0) is 14.2. The minimum Gasteiger partial charge on any atom is -0.341 e. The van der Waals surface area contributed by atoms with E-state index in [1.54, 1.807) is 0 Å². The summed E-state index contributed by atoms with van der Waals surface area (Å²) in [6.45, 7) is 5.93. The average Bonchev–Trinajstić information content (AvgIpc) is 2.66. The van der Waals surface area contributed by atoms with E-state index in [1.165, 1.54) is 0 Å². The molecule has 0 saturated carbocycles. The molecule has 0 aliphatic heterocycles. The van der Waals surface area contributed by atoms with E-state index in [4.69, 9.17) is 0 Å². The number of nitrogens with zero attached hydrogens (tertiary/aromatic N) is 1. The fraction of sp³-hybridized carbons (Fsp3) is 0.462. The van der Waals surface area contributed by atoms with E-state index in [1.807, 2.05) is 39.0 Å². The van der Waals surface area contributed by atoms with E-state index in [9.17, 15) is 8.42 Å². The van der Waals surface area contributed by atoms with Crippen LogP contribution in [0.1, 0.15) is 31.3 Å². The van der Waals surface area contributed by atoms with Gasteiger partial charge in [-0.15, -0.1) is 0 Å². The topological polar surface area (TPSA) is 74.8 Å². The molecule has 1 atom stereocenters. The number of rotatable bonds is 4. The van der Waals surface area contributed by atoms with Crippen LogP contribution in [0.25, 0.3) is 11.0 Å². The number of imidazole rings is 1. The molecule has 0 spiro atoms. The Bertz CT molecular complexity index is 689. The highest BCUT2D eigenvalue weighted by molar-refractivity contribution is 7.88. The SMILES string of the molecule is Cc1ccc2nc(C(NS(C)(=O)=O)C(C)C)[nH]c2c1. The van der Waals surface area contributed by atoms with Gasteiger partial charge in [0.25, 0.3) is 0 Å². The molecule has 0 aliphatic rings. The lowest BCUT2D eigenvalue weighted by molar-refractivity contribution is 0.449. The summed E-state index contributed by atoms with van der Waals surface area (Å²) < 4.78 is 25.5. The van der Waals surface area contributed by atoms with Gasteiger partial charge in [0.15, 0.2) is 0 Å². The maximum Gasteiger partial charge on any atom is 0.209 e. The van der Waals surface area contributed by atoms with Gasteiger partial charge < -0.3 is 4.98 Å². The second kappa shape index (κ2) is 4.94. The number of H-pyrrole nitrogens is 1. The molecule has 2 aromatic rings. The Labute approximate surface area is 113 Å². The van der Waals surface area contributed by atoms with E-state index < -0.39 is 10.0 Å². The third-order valence-electron chi connectivity index (χ3n) is 2.96. The van der Waals surface area contributed by atoms with Crippen LogP contribution < -0.4 is 4.72 Å². The first-order chi connectivity index (χ1) is 8.76. The summed E-state index contributed by atoms with van der Waals surface area (Å²) in [5.41, 5.74) is 2.91. The minimum atomic E-state index is -3.27. The van der Waals surface area contributed by atoms with Crippen molar-refractivity contribution >= 4 is 21.1 Å². The summed E-state index contributed by atoms with van der Waals surface area (Å²) in [6, 6.07) is 5.58.